The number of rotatable bonds is 38. The number of hydrogen-bond donors (Lipinski definition) is 14. The molecule has 0 saturated carbocycles. The van der Waals surface area contributed by atoms with Crippen molar-refractivity contribution < 1.29 is 78.3 Å². The minimum Gasteiger partial charge on any atom is -0.481 e. The third kappa shape index (κ3) is 33.4. The average molecular weight is 1200 g/mol. The Morgan fingerprint density at radius 3 is 1.28 bits per heavy atom. The van der Waals surface area contributed by atoms with Gasteiger partial charge in [-0.05, 0) is 108 Å². The van der Waals surface area contributed by atoms with Crippen LogP contribution in [0, 0.1) is 0 Å². The monoisotopic (exact) mass is 1200 g/mol. The molecule has 3 unspecified atom stereocenters. The van der Waals surface area contributed by atoms with Crippen LogP contribution in [0.25, 0.3) is 0 Å². The Hall–Kier alpha value is -7.75. The highest BCUT2D eigenvalue weighted by Gasteiger charge is 2.31. The lowest BCUT2D eigenvalue weighted by Gasteiger charge is -2.27. The number of benzene rings is 2. The third-order valence-corrected chi connectivity index (χ3v) is 14.0. The number of urea groups is 1. The van der Waals surface area contributed by atoms with Crippen LogP contribution in [0.4, 0.5) is 4.79 Å². The molecule has 3 rings (SSSR count). The maximum atomic E-state index is 14.3. The molecule has 85 heavy (non-hydrogen) atoms. The van der Waals surface area contributed by atoms with Gasteiger partial charge in [0.2, 0.25) is 29.5 Å². The lowest BCUT2D eigenvalue weighted by molar-refractivity contribution is -0.143. The first-order valence-electron chi connectivity index (χ1n) is 29.4. The minimum atomic E-state index is -1.52. The van der Waals surface area contributed by atoms with Gasteiger partial charge >= 0.3 is 35.9 Å². The Labute approximate surface area is 495 Å². The molecule has 0 bridgehead atoms. The van der Waals surface area contributed by atoms with E-state index in [2.05, 4.69) is 47.9 Å². The van der Waals surface area contributed by atoms with E-state index in [4.69, 9.17) is 5.11 Å². The number of nitrogens with zero attached hydrogens (tertiary/aromatic N) is 2. The Morgan fingerprint density at radius 1 is 0.412 bits per heavy atom. The van der Waals surface area contributed by atoms with Crippen molar-refractivity contribution in [3.8, 4) is 0 Å². The molecule has 2 aromatic carbocycles. The van der Waals surface area contributed by atoms with Crippen LogP contribution in [0.3, 0.4) is 0 Å². The topological polar surface area (TPSA) is 404 Å². The fourth-order valence-electron chi connectivity index (χ4n) is 9.32. The summed E-state index contributed by atoms with van der Waals surface area (Å²) in [6.45, 7) is 5.39. The first-order chi connectivity index (χ1) is 40.8. The summed E-state index contributed by atoms with van der Waals surface area (Å²) < 4.78 is 0. The maximum absolute atomic E-state index is 14.3. The molecule has 1 aliphatic rings. The highest BCUT2D eigenvalue weighted by molar-refractivity contribution is 5.94. The standard InChI is InChI=1S/C58H89N11O16/c70-48(23-9-1-2-10-24-49(71)62-30-14-12-22-44(56(81)82)66-58(85)67-45(57(83)84)25-26-51(73)74)61-29-13-11-21-43(55(79)80)64-54(78)47(38-42-19-7-4-8-20-42)65-53(77)46(37-41-17-5-3-6-18-41)63-50(72)39-68-33-15-27-60-32-36-69(40-52(75)76)34-16-28-59-31-35-68/h3-8,17-20,43-47,59-60H,1-2,9-16,21-40H2,(H,61,70)(H,62,71)(H,63,72)(H,64,78)(H,65,77)(H,73,74)(H,75,76)(H,79,80)(H,81,82)(H,83,84)(H2,66,67,85)/t43?,44-,45+,46?,47?/m0/s1. The lowest BCUT2D eigenvalue weighted by atomic mass is 10.0. The number of hydrogen-bond acceptors (Lipinski definition) is 15. The number of nitrogens with one attached hydrogen (secondary N) is 9. The van der Waals surface area contributed by atoms with Crippen molar-refractivity contribution >= 4 is 65.4 Å². The SMILES string of the molecule is O=C(O)CC[C@@H](NC(=O)N[C@@H](CCCCNC(=O)CCCCCCC(=O)NCCCCC(NC(=O)C(Cc1ccccc1)NC(=O)C(Cc1ccccc1)NC(=O)CN1CCCNCCN(CC(=O)O)CCCNCC1)C(=O)O)C(=O)O)C(=O)O. The molecule has 1 aliphatic heterocycles. The molecule has 0 spiro atoms. The van der Waals surface area contributed by atoms with Crippen LogP contribution in [-0.4, -0.2) is 209 Å². The number of carboxylic acid groups (broad SMARTS) is 5. The van der Waals surface area contributed by atoms with Crippen LogP contribution in [0.15, 0.2) is 60.7 Å². The van der Waals surface area contributed by atoms with E-state index >= 15 is 0 Å². The van der Waals surface area contributed by atoms with Crippen LogP contribution in [0.5, 0.6) is 0 Å². The molecule has 0 aliphatic carbocycles. The van der Waals surface area contributed by atoms with Gasteiger partial charge in [-0.3, -0.25) is 43.4 Å². The summed E-state index contributed by atoms with van der Waals surface area (Å²) in [4.78, 5) is 141. The van der Waals surface area contributed by atoms with Gasteiger partial charge in [-0.25, -0.2) is 19.2 Å². The fourth-order valence-corrected chi connectivity index (χ4v) is 9.32. The van der Waals surface area contributed by atoms with Crippen molar-refractivity contribution in [2.45, 2.75) is 146 Å². The highest BCUT2D eigenvalue weighted by Crippen LogP contribution is 2.11. The quantitative estimate of drug-likeness (QED) is 0.0411. The van der Waals surface area contributed by atoms with Crippen molar-refractivity contribution in [1.29, 1.82) is 0 Å². The number of aliphatic carboxylic acids is 5. The lowest BCUT2D eigenvalue weighted by Crippen LogP contribution is -2.57. The molecule has 1 saturated heterocycles. The Kier molecular flexibility index (Phi) is 35.4. The van der Waals surface area contributed by atoms with Crippen molar-refractivity contribution in [2.24, 2.45) is 0 Å². The summed E-state index contributed by atoms with van der Waals surface area (Å²) in [5, 5.41) is 71.9. The number of carbonyl (C=O) groups excluding carboxylic acids is 6. The largest absolute Gasteiger partial charge is 0.481 e. The molecule has 27 nitrogen and oxygen atoms in total. The summed E-state index contributed by atoms with van der Waals surface area (Å²) in [6.07, 6.45) is 5.24. The predicted molar refractivity (Wildman–Crippen MR) is 312 cm³/mol. The summed E-state index contributed by atoms with van der Waals surface area (Å²) >= 11 is 0. The van der Waals surface area contributed by atoms with Crippen LogP contribution >= 0.6 is 0 Å². The summed E-state index contributed by atoms with van der Waals surface area (Å²) in [6, 6.07) is 10.5. The van der Waals surface area contributed by atoms with Gasteiger partial charge in [0.25, 0.3) is 0 Å². The van der Waals surface area contributed by atoms with E-state index in [1.54, 1.807) is 30.3 Å². The van der Waals surface area contributed by atoms with Crippen LogP contribution < -0.4 is 47.9 Å². The first kappa shape index (κ1) is 71.5. The molecular weight excluding hydrogens is 1110 g/mol. The number of amides is 7. The molecule has 2 aromatic rings. The van der Waals surface area contributed by atoms with Crippen molar-refractivity contribution in [3.63, 3.8) is 0 Å². The summed E-state index contributed by atoms with van der Waals surface area (Å²) in [5.41, 5.74) is 1.47. The van der Waals surface area contributed by atoms with Crippen LogP contribution in [0.1, 0.15) is 114 Å². The second-order valence-electron chi connectivity index (χ2n) is 21.1. The van der Waals surface area contributed by atoms with Crippen molar-refractivity contribution in [1.82, 2.24) is 57.7 Å². The number of carbonyl (C=O) groups is 11. The van der Waals surface area contributed by atoms with Gasteiger partial charge in [0, 0.05) is 71.4 Å². The van der Waals surface area contributed by atoms with E-state index in [9.17, 15) is 73.2 Å². The molecule has 1 fully saturated rings. The van der Waals surface area contributed by atoms with E-state index in [1.807, 2.05) is 40.1 Å². The first-order valence-corrected chi connectivity index (χ1v) is 29.4. The molecule has 7 amide bonds. The smallest absolute Gasteiger partial charge is 0.326 e. The molecular formula is C58H89N11O16. The number of carboxylic acids is 5. The molecule has 472 valence electrons. The predicted octanol–water partition coefficient (Wildman–Crippen LogP) is 0.656. The van der Waals surface area contributed by atoms with Gasteiger partial charge in [0.1, 0.15) is 30.2 Å². The highest BCUT2D eigenvalue weighted by atomic mass is 16.4. The molecule has 1 heterocycles. The van der Waals surface area contributed by atoms with Gasteiger partial charge < -0.3 is 73.4 Å². The second-order valence-corrected chi connectivity index (χ2v) is 21.1. The van der Waals surface area contributed by atoms with Gasteiger partial charge in [0.05, 0.1) is 13.1 Å². The normalized spacial score (nSPS) is 15.4. The maximum Gasteiger partial charge on any atom is 0.326 e. The van der Waals surface area contributed by atoms with E-state index in [1.165, 1.54) is 0 Å². The summed E-state index contributed by atoms with van der Waals surface area (Å²) in [5.74, 6) is -8.34. The van der Waals surface area contributed by atoms with Crippen molar-refractivity contribution in [3.05, 3.63) is 71.8 Å². The second kappa shape index (κ2) is 42.1. The van der Waals surface area contributed by atoms with Gasteiger partial charge in [-0.1, -0.05) is 73.5 Å². The van der Waals surface area contributed by atoms with E-state index in [0.717, 1.165) is 12.0 Å². The summed E-state index contributed by atoms with van der Waals surface area (Å²) in [7, 11) is 0. The van der Waals surface area contributed by atoms with Crippen LogP contribution in [-0.2, 0) is 60.8 Å². The Bertz CT molecular complexity index is 2390. The molecule has 14 N–H and O–H groups in total. The van der Waals surface area contributed by atoms with E-state index < -0.39 is 90.2 Å². The van der Waals surface area contributed by atoms with Gasteiger partial charge in [0.15, 0.2) is 0 Å². The zero-order valence-corrected chi connectivity index (χ0v) is 48.5. The van der Waals surface area contributed by atoms with Gasteiger partial charge in [-0.15, -0.1) is 0 Å². The van der Waals surface area contributed by atoms with Gasteiger partial charge in [-0.2, -0.15) is 0 Å². The molecule has 0 radical (unpaired) electrons. The zero-order chi connectivity index (χ0) is 62.2. The average Bonchev–Trinajstić information content (AvgIpc) is 3.45. The van der Waals surface area contributed by atoms with Crippen molar-refractivity contribution in [2.75, 3.05) is 78.5 Å². The van der Waals surface area contributed by atoms with Crippen LogP contribution in [0.2, 0.25) is 0 Å². The van der Waals surface area contributed by atoms with E-state index in [0.29, 0.717) is 116 Å². The third-order valence-electron chi connectivity index (χ3n) is 14.0. The Balaban J connectivity index is 1.42. The van der Waals surface area contributed by atoms with E-state index in [-0.39, 0.29) is 82.9 Å². The molecule has 0 aromatic heterocycles. The molecule has 5 atom stereocenters. The fraction of sp³-hybridized carbons (Fsp3) is 0.603. The Morgan fingerprint density at radius 2 is 0.835 bits per heavy atom. The minimum absolute atomic E-state index is 0.000959. The number of unbranched alkanes of at least 4 members (excludes halogenated alkanes) is 5. The zero-order valence-electron chi connectivity index (χ0n) is 48.5. The molecule has 27 heteroatoms.